The average Bonchev–Trinajstić information content (AvgIpc) is 3.18. The van der Waals surface area contributed by atoms with E-state index in [0.29, 0.717) is 22.7 Å². The van der Waals surface area contributed by atoms with Crippen molar-refractivity contribution in [1.82, 2.24) is 19.7 Å². The number of ether oxygens (including phenoxy) is 1. The predicted molar refractivity (Wildman–Crippen MR) is 103 cm³/mol. The summed E-state index contributed by atoms with van der Waals surface area (Å²) in [6, 6.07) is 7.84. The minimum Gasteiger partial charge on any atom is -0.486 e. The maximum absolute atomic E-state index is 12.0. The first-order valence-electron chi connectivity index (χ1n) is 7.94. The fourth-order valence-corrected chi connectivity index (χ4v) is 3.51. The molecule has 0 saturated carbocycles. The second-order valence-corrected chi connectivity index (χ2v) is 7.49. The number of aryl methyl sites for hydroxylation is 2. The first kappa shape index (κ1) is 18.4. The topological polar surface area (TPSA) is 81.9 Å². The van der Waals surface area contributed by atoms with Crippen molar-refractivity contribution in [2.75, 3.05) is 11.1 Å². The molecule has 2 heterocycles. The summed E-state index contributed by atoms with van der Waals surface area (Å²) in [7, 11) is 1.86. The van der Waals surface area contributed by atoms with Crippen molar-refractivity contribution in [1.29, 1.82) is 0 Å². The lowest BCUT2D eigenvalue weighted by Crippen LogP contribution is -2.14. The van der Waals surface area contributed by atoms with Crippen LogP contribution >= 0.6 is 23.1 Å². The highest BCUT2D eigenvalue weighted by Gasteiger charge is 2.13. The van der Waals surface area contributed by atoms with Crippen molar-refractivity contribution < 1.29 is 9.53 Å². The molecule has 0 atom stereocenters. The number of carbonyl (C=O) groups excluding carboxylic acids is 1. The Morgan fingerprint density at radius 1 is 1.27 bits per heavy atom. The monoisotopic (exact) mass is 389 g/mol. The molecule has 1 amide bonds. The van der Waals surface area contributed by atoms with Crippen LogP contribution < -0.4 is 10.1 Å². The Morgan fingerprint density at radius 2 is 2.04 bits per heavy atom. The summed E-state index contributed by atoms with van der Waals surface area (Å²) in [6.07, 6.45) is 0. The quantitative estimate of drug-likeness (QED) is 0.625. The number of hydrogen-bond donors (Lipinski definition) is 1. The molecule has 2 aromatic heterocycles. The highest BCUT2D eigenvalue weighted by molar-refractivity contribution is 7.99. The lowest BCUT2D eigenvalue weighted by Gasteiger charge is -2.07. The molecule has 0 aliphatic carbocycles. The fourth-order valence-electron chi connectivity index (χ4n) is 2.08. The normalized spacial score (nSPS) is 10.7. The molecule has 3 rings (SSSR count). The third kappa shape index (κ3) is 4.83. The summed E-state index contributed by atoms with van der Waals surface area (Å²) in [5, 5.41) is 14.2. The van der Waals surface area contributed by atoms with Gasteiger partial charge in [-0.3, -0.25) is 4.79 Å². The van der Waals surface area contributed by atoms with Crippen molar-refractivity contribution in [3.8, 4) is 5.75 Å². The molecule has 9 heteroatoms. The minimum absolute atomic E-state index is 0.121. The highest BCUT2D eigenvalue weighted by atomic mass is 32.2. The van der Waals surface area contributed by atoms with E-state index in [4.69, 9.17) is 4.74 Å². The summed E-state index contributed by atoms with van der Waals surface area (Å²) in [4.78, 5) is 16.2. The number of thioether (sulfide) groups is 1. The molecule has 0 aliphatic rings. The maximum Gasteiger partial charge on any atom is 0.236 e. The summed E-state index contributed by atoms with van der Waals surface area (Å²) in [5.41, 5.74) is 2.07. The van der Waals surface area contributed by atoms with Crippen molar-refractivity contribution in [3.05, 3.63) is 46.7 Å². The van der Waals surface area contributed by atoms with Crippen LogP contribution in [0.2, 0.25) is 0 Å². The van der Waals surface area contributed by atoms with E-state index in [1.165, 1.54) is 28.7 Å². The van der Waals surface area contributed by atoms with Crippen molar-refractivity contribution in [2.24, 2.45) is 7.05 Å². The zero-order valence-electron chi connectivity index (χ0n) is 14.7. The fraction of sp³-hybridized carbons (Fsp3) is 0.294. The van der Waals surface area contributed by atoms with E-state index in [1.54, 1.807) is 0 Å². The van der Waals surface area contributed by atoms with Crippen molar-refractivity contribution >= 4 is 34.1 Å². The Kier molecular flexibility index (Phi) is 5.89. The molecule has 26 heavy (non-hydrogen) atoms. The van der Waals surface area contributed by atoms with Gasteiger partial charge in [-0.05, 0) is 26.0 Å². The largest absolute Gasteiger partial charge is 0.486 e. The molecule has 0 spiro atoms. The van der Waals surface area contributed by atoms with E-state index in [9.17, 15) is 4.79 Å². The molecule has 7 nitrogen and oxygen atoms in total. The number of carbonyl (C=O) groups is 1. The van der Waals surface area contributed by atoms with Crippen LogP contribution in [0.4, 0.5) is 5.13 Å². The molecule has 0 fully saturated rings. The number of nitrogens with zero attached hydrogens (tertiary/aromatic N) is 4. The summed E-state index contributed by atoms with van der Waals surface area (Å²) >= 11 is 2.73. The molecular weight excluding hydrogens is 370 g/mol. The van der Waals surface area contributed by atoms with Gasteiger partial charge in [-0.2, -0.15) is 0 Å². The van der Waals surface area contributed by atoms with Crippen LogP contribution in [-0.2, 0) is 18.4 Å². The molecule has 0 aliphatic heterocycles. The zero-order valence-corrected chi connectivity index (χ0v) is 16.4. The molecule has 0 bridgehead atoms. The van der Waals surface area contributed by atoms with Crippen LogP contribution in [0.1, 0.15) is 17.1 Å². The molecule has 136 valence electrons. The Labute approximate surface area is 159 Å². The van der Waals surface area contributed by atoms with Crippen molar-refractivity contribution in [3.63, 3.8) is 0 Å². The molecule has 3 aromatic rings. The van der Waals surface area contributed by atoms with Gasteiger partial charge in [0, 0.05) is 12.4 Å². The van der Waals surface area contributed by atoms with E-state index >= 15 is 0 Å². The lowest BCUT2D eigenvalue weighted by atomic mass is 10.2. The highest BCUT2D eigenvalue weighted by Crippen LogP contribution is 2.19. The van der Waals surface area contributed by atoms with Gasteiger partial charge in [0.05, 0.1) is 11.4 Å². The van der Waals surface area contributed by atoms with Gasteiger partial charge in [-0.15, -0.1) is 21.5 Å². The van der Waals surface area contributed by atoms with Gasteiger partial charge in [-0.25, -0.2) is 4.98 Å². The minimum atomic E-state index is -0.121. The first-order chi connectivity index (χ1) is 12.5. The standard InChI is InChI=1S/C17H19N5O2S2/c1-11-4-6-13(7-5-11)24-8-14-20-21-17(22(14)3)26-10-15(23)19-16-18-12(2)9-25-16/h4-7,9H,8,10H2,1-3H3,(H,18,19,23). The van der Waals surface area contributed by atoms with Crippen molar-refractivity contribution in [2.45, 2.75) is 25.6 Å². The van der Waals surface area contributed by atoms with Gasteiger partial charge in [0.15, 0.2) is 16.1 Å². The van der Waals surface area contributed by atoms with E-state index in [-0.39, 0.29) is 11.7 Å². The number of anilines is 1. The van der Waals surface area contributed by atoms with E-state index in [0.717, 1.165) is 11.4 Å². The third-order valence-corrected chi connectivity index (χ3v) is 5.41. The Balaban J connectivity index is 1.51. The number of benzene rings is 1. The second-order valence-electron chi connectivity index (χ2n) is 5.69. The van der Waals surface area contributed by atoms with Gasteiger partial charge in [0.2, 0.25) is 5.91 Å². The average molecular weight is 390 g/mol. The summed E-state index contributed by atoms with van der Waals surface area (Å²) in [5.74, 6) is 1.60. The van der Waals surface area contributed by atoms with Gasteiger partial charge >= 0.3 is 0 Å². The Hall–Kier alpha value is -2.39. The predicted octanol–water partition coefficient (Wildman–Crippen LogP) is 3.20. The molecule has 1 N–H and O–H groups in total. The molecule has 0 radical (unpaired) electrons. The molecule has 0 unspecified atom stereocenters. The lowest BCUT2D eigenvalue weighted by molar-refractivity contribution is -0.113. The second kappa shape index (κ2) is 8.33. The van der Waals surface area contributed by atoms with E-state index in [2.05, 4.69) is 20.5 Å². The molecular formula is C17H19N5O2S2. The number of hydrogen-bond acceptors (Lipinski definition) is 7. The van der Waals surface area contributed by atoms with Gasteiger partial charge in [0.1, 0.15) is 12.4 Å². The number of nitrogens with one attached hydrogen (secondary N) is 1. The SMILES string of the molecule is Cc1ccc(OCc2nnc(SCC(=O)Nc3nc(C)cs3)n2C)cc1. The molecule has 1 aromatic carbocycles. The third-order valence-electron chi connectivity index (χ3n) is 3.51. The number of rotatable bonds is 7. The first-order valence-corrected chi connectivity index (χ1v) is 9.80. The van der Waals surface area contributed by atoms with Gasteiger partial charge in [-0.1, -0.05) is 29.5 Å². The summed E-state index contributed by atoms with van der Waals surface area (Å²) in [6.45, 7) is 4.24. The Morgan fingerprint density at radius 3 is 2.73 bits per heavy atom. The molecule has 0 saturated heterocycles. The summed E-state index contributed by atoms with van der Waals surface area (Å²) < 4.78 is 7.56. The van der Waals surface area contributed by atoms with Crippen LogP contribution in [0.3, 0.4) is 0 Å². The zero-order chi connectivity index (χ0) is 18.5. The van der Waals surface area contributed by atoms with Gasteiger partial charge in [0.25, 0.3) is 0 Å². The number of thiazole rings is 1. The van der Waals surface area contributed by atoms with Crippen LogP contribution in [0.25, 0.3) is 0 Å². The van der Waals surface area contributed by atoms with Crippen LogP contribution in [0.5, 0.6) is 5.75 Å². The number of aromatic nitrogens is 4. The van der Waals surface area contributed by atoms with Gasteiger partial charge < -0.3 is 14.6 Å². The van der Waals surface area contributed by atoms with Crippen LogP contribution in [-0.4, -0.2) is 31.4 Å². The van der Waals surface area contributed by atoms with Crippen LogP contribution in [0.15, 0.2) is 34.8 Å². The number of amides is 1. The van der Waals surface area contributed by atoms with E-state index < -0.39 is 0 Å². The smallest absolute Gasteiger partial charge is 0.236 e. The Bertz CT molecular complexity index is 889. The van der Waals surface area contributed by atoms with Crippen LogP contribution in [0, 0.1) is 13.8 Å². The van der Waals surface area contributed by atoms with E-state index in [1.807, 2.05) is 55.1 Å². The maximum atomic E-state index is 12.0.